The highest BCUT2D eigenvalue weighted by atomic mass is 16.2. The van der Waals surface area contributed by atoms with E-state index in [1.54, 1.807) is 4.68 Å². The average molecular weight is 359 g/mol. The lowest BCUT2D eigenvalue weighted by atomic mass is 9.97. The summed E-state index contributed by atoms with van der Waals surface area (Å²) in [5, 5.41) is 14.4. The Kier molecular flexibility index (Phi) is 4.36. The van der Waals surface area contributed by atoms with Crippen molar-refractivity contribution in [3.63, 3.8) is 0 Å². The molecule has 1 fully saturated rings. The van der Waals surface area contributed by atoms with E-state index in [0.717, 1.165) is 35.2 Å². The predicted octanol–water partition coefficient (Wildman–Crippen LogP) is 3.32. The van der Waals surface area contributed by atoms with E-state index in [1.165, 1.54) is 0 Å². The molecule has 1 amide bonds. The zero-order chi connectivity index (χ0) is 19.0. The number of fused-ring (bicyclic) bond motifs is 1. The van der Waals surface area contributed by atoms with Crippen LogP contribution in [0.15, 0.2) is 36.4 Å². The SMILES string of the molecule is Cc1nn(C)c2nc(-c3ccccc3)cc(C(=O)N3CCC(C#N)CC3)c12. The first-order chi connectivity index (χ1) is 13.1. The zero-order valence-electron chi connectivity index (χ0n) is 15.5. The maximum absolute atomic E-state index is 13.3. The van der Waals surface area contributed by atoms with Crippen LogP contribution in [0.1, 0.15) is 28.9 Å². The van der Waals surface area contributed by atoms with Gasteiger partial charge in [0.05, 0.1) is 28.4 Å². The van der Waals surface area contributed by atoms with Gasteiger partial charge in [0.15, 0.2) is 5.65 Å². The molecule has 1 saturated heterocycles. The largest absolute Gasteiger partial charge is 0.339 e. The number of aryl methyl sites for hydroxylation is 2. The van der Waals surface area contributed by atoms with Crippen molar-refractivity contribution in [3.05, 3.63) is 47.7 Å². The number of amides is 1. The lowest BCUT2D eigenvalue weighted by molar-refractivity contribution is 0.0709. The Hall–Kier alpha value is -3.20. The number of aromatic nitrogens is 3. The number of likely N-dealkylation sites (tertiary alicyclic amines) is 1. The van der Waals surface area contributed by atoms with E-state index in [1.807, 2.05) is 55.3 Å². The third-order valence-corrected chi connectivity index (χ3v) is 5.23. The van der Waals surface area contributed by atoms with Crippen LogP contribution in [0, 0.1) is 24.2 Å². The second-order valence-electron chi connectivity index (χ2n) is 7.02. The summed E-state index contributed by atoms with van der Waals surface area (Å²) < 4.78 is 1.73. The van der Waals surface area contributed by atoms with Crippen LogP contribution in [-0.4, -0.2) is 38.7 Å². The summed E-state index contributed by atoms with van der Waals surface area (Å²) >= 11 is 0. The zero-order valence-corrected chi connectivity index (χ0v) is 15.5. The van der Waals surface area contributed by atoms with Crippen LogP contribution in [0.2, 0.25) is 0 Å². The Balaban J connectivity index is 1.81. The van der Waals surface area contributed by atoms with E-state index < -0.39 is 0 Å². The molecule has 0 bridgehead atoms. The van der Waals surface area contributed by atoms with Gasteiger partial charge >= 0.3 is 0 Å². The summed E-state index contributed by atoms with van der Waals surface area (Å²) in [6.45, 7) is 3.13. The predicted molar refractivity (Wildman–Crippen MR) is 103 cm³/mol. The molecule has 3 aromatic rings. The lowest BCUT2D eigenvalue weighted by Crippen LogP contribution is -2.38. The van der Waals surface area contributed by atoms with Crippen molar-refractivity contribution in [1.82, 2.24) is 19.7 Å². The Morgan fingerprint density at radius 1 is 1.22 bits per heavy atom. The molecule has 1 aliphatic rings. The van der Waals surface area contributed by atoms with Gasteiger partial charge in [0, 0.05) is 31.6 Å². The van der Waals surface area contributed by atoms with Crippen molar-refractivity contribution >= 4 is 16.9 Å². The number of carbonyl (C=O) groups excluding carboxylic acids is 1. The van der Waals surface area contributed by atoms with Gasteiger partial charge in [-0.25, -0.2) is 4.98 Å². The molecular weight excluding hydrogens is 338 g/mol. The third-order valence-electron chi connectivity index (χ3n) is 5.23. The first-order valence-corrected chi connectivity index (χ1v) is 9.17. The lowest BCUT2D eigenvalue weighted by Gasteiger charge is -2.29. The summed E-state index contributed by atoms with van der Waals surface area (Å²) in [5.74, 6) is 0.0404. The number of piperidine rings is 1. The van der Waals surface area contributed by atoms with E-state index in [9.17, 15) is 4.79 Å². The van der Waals surface area contributed by atoms with Gasteiger partial charge in [-0.1, -0.05) is 30.3 Å². The number of pyridine rings is 1. The van der Waals surface area contributed by atoms with E-state index in [-0.39, 0.29) is 11.8 Å². The fourth-order valence-electron chi connectivity index (χ4n) is 3.75. The van der Waals surface area contributed by atoms with E-state index >= 15 is 0 Å². The molecule has 0 radical (unpaired) electrons. The van der Waals surface area contributed by atoms with Crippen LogP contribution in [0.25, 0.3) is 22.3 Å². The molecule has 1 aliphatic heterocycles. The first-order valence-electron chi connectivity index (χ1n) is 9.17. The van der Waals surface area contributed by atoms with Gasteiger partial charge in [-0.15, -0.1) is 0 Å². The number of hydrogen-bond donors (Lipinski definition) is 0. The normalized spacial score (nSPS) is 15.1. The van der Waals surface area contributed by atoms with Crippen LogP contribution in [0.3, 0.4) is 0 Å². The minimum Gasteiger partial charge on any atom is -0.339 e. The second kappa shape index (κ2) is 6.84. The molecular formula is C21H21N5O. The first kappa shape index (κ1) is 17.2. The molecule has 0 atom stereocenters. The minimum atomic E-state index is -0.00734. The maximum atomic E-state index is 13.3. The van der Waals surface area contributed by atoms with Crippen LogP contribution < -0.4 is 0 Å². The van der Waals surface area contributed by atoms with Crippen LogP contribution in [0.4, 0.5) is 0 Å². The molecule has 6 nitrogen and oxygen atoms in total. The highest BCUT2D eigenvalue weighted by Gasteiger charge is 2.27. The number of hydrogen-bond acceptors (Lipinski definition) is 4. The van der Waals surface area contributed by atoms with Crippen molar-refractivity contribution in [2.24, 2.45) is 13.0 Å². The fourth-order valence-corrected chi connectivity index (χ4v) is 3.75. The van der Waals surface area contributed by atoms with Gasteiger partial charge in [0.2, 0.25) is 0 Å². The molecule has 2 aromatic heterocycles. The monoisotopic (exact) mass is 359 g/mol. The summed E-state index contributed by atoms with van der Waals surface area (Å²) in [6.07, 6.45) is 1.46. The Labute approximate surface area is 158 Å². The Morgan fingerprint density at radius 3 is 2.59 bits per heavy atom. The second-order valence-corrected chi connectivity index (χ2v) is 7.02. The smallest absolute Gasteiger partial charge is 0.254 e. The molecule has 6 heteroatoms. The third kappa shape index (κ3) is 3.06. The van der Waals surface area contributed by atoms with Gasteiger partial charge in [-0.3, -0.25) is 9.48 Å². The summed E-state index contributed by atoms with van der Waals surface area (Å²) in [5.41, 5.74) is 3.88. The van der Waals surface area contributed by atoms with Crippen LogP contribution >= 0.6 is 0 Å². The van der Waals surface area contributed by atoms with Gasteiger partial charge in [0.1, 0.15) is 0 Å². The van der Waals surface area contributed by atoms with Gasteiger partial charge in [-0.2, -0.15) is 10.4 Å². The molecule has 0 unspecified atom stereocenters. The van der Waals surface area contributed by atoms with Gasteiger partial charge in [0.25, 0.3) is 5.91 Å². The highest BCUT2D eigenvalue weighted by molar-refractivity contribution is 6.07. The number of carbonyl (C=O) groups is 1. The molecule has 4 rings (SSSR count). The van der Waals surface area contributed by atoms with Gasteiger partial charge < -0.3 is 4.90 Å². The Bertz CT molecular complexity index is 1040. The van der Waals surface area contributed by atoms with Gasteiger partial charge in [-0.05, 0) is 25.8 Å². The van der Waals surface area contributed by atoms with E-state index in [0.29, 0.717) is 24.3 Å². The number of nitrogens with zero attached hydrogens (tertiary/aromatic N) is 5. The summed E-state index contributed by atoms with van der Waals surface area (Å²) in [6, 6.07) is 14.1. The van der Waals surface area contributed by atoms with Crippen molar-refractivity contribution in [3.8, 4) is 17.3 Å². The molecule has 0 aliphatic carbocycles. The minimum absolute atomic E-state index is 0.00734. The standard InChI is InChI=1S/C21H21N5O/c1-14-19-17(21(27)26-10-8-15(13-22)9-11-26)12-18(16-6-4-3-5-7-16)23-20(19)25(2)24-14/h3-7,12,15H,8-11H2,1-2H3. The van der Waals surface area contributed by atoms with Crippen molar-refractivity contribution in [2.75, 3.05) is 13.1 Å². The molecule has 0 saturated carbocycles. The van der Waals surface area contributed by atoms with E-state index in [2.05, 4.69) is 11.2 Å². The maximum Gasteiger partial charge on any atom is 0.254 e. The van der Waals surface area contributed by atoms with E-state index in [4.69, 9.17) is 10.2 Å². The molecule has 3 heterocycles. The van der Waals surface area contributed by atoms with Crippen molar-refractivity contribution in [2.45, 2.75) is 19.8 Å². The summed E-state index contributed by atoms with van der Waals surface area (Å²) in [4.78, 5) is 19.9. The van der Waals surface area contributed by atoms with Crippen LogP contribution in [0.5, 0.6) is 0 Å². The number of nitriles is 1. The molecule has 1 aromatic carbocycles. The Morgan fingerprint density at radius 2 is 1.93 bits per heavy atom. The molecule has 0 N–H and O–H groups in total. The molecule has 136 valence electrons. The van der Waals surface area contributed by atoms with Crippen molar-refractivity contribution < 1.29 is 4.79 Å². The number of benzene rings is 1. The molecule has 27 heavy (non-hydrogen) atoms. The fraction of sp³-hybridized carbons (Fsp3) is 0.333. The van der Waals surface area contributed by atoms with Crippen molar-refractivity contribution in [1.29, 1.82) is 5.26 Å². The highest BCUT2D eigenvalue weighted by Crippen LogP contribution is 2.28. The average Bonchev–Trinajstić information content (AvgIpc) is 3.01. The molecule has 0 spiro atoms. The quantitative estimate of drug-likeness (QED) is 0.703. The van der Waals surface area contributed by atoms with Crippen LogP contribution in [-0.2, 0) is 7.05 Å². The number of rotatable bonds is 2. The topological polar surface area (TPSA) is 74.8 Å². The summed E-state index contributed by atoms with van der Waals surface area (Å²) in [7, 11) is 1.85.